The Morgan fingerprint density at radius 3 is 3.26 bits per heavy atom. The SMILES string of the molecule is NNC(=O)c1coc(CN2CCn3cnnc3C2)c1. The maximum Gasteiger partial charge on any atom is 0.268 e. The molecule has 0 spiro atoms. The summed E-state index contributed by atoms with van der Waals surface area (Å²) in [5, 5.41) is 7.94. The van der Waals surface area contributed by atoms with E-state index in [1.165, 1.54) is 6.26 Å². The number of hydrazine groups is 1. The Morgan fingerprint density at radius 2 is 2.42 bits per heavy atom. The number of aromatic nitrogens is 3. The molecule has 0 aliphatic carbocycles. The Kier molecular flexibility index (Phi) is 3.02. The number of nitrogens with two attached hydrogens (primary N) is 1. The summed E-state index contributed by atoms with van der Waals surface area (Å²) >= 11 is 0. The third-order valence-corrected chi connectivity index (χ3v) is 3.14. The van der Waals surface area contributed by atoms with Crippen LogP contribution in [-0.2, 0) is 19.6 Å². The van der Waals surface area contributed by atoms with Crippen LogP contribution in [-0.4, -0.2) is 32.1 Å². The lowest BCUT2D eigenvalue weighted by atomic mass is 10.2. The number of furan rings is 1. The third kappa shape index (κ3) is 2.35. The van der Waals surface area contributed by atoms with Gasteiger partial charge in [0.1, 0.15) is 24.2 Å². The summed E-state index contributed by atoms with van der Waals surface area (Å²) in [5.41, 5.74) is 2.50. The Labute approximate surface area is 109 Å². The first kappa shape index (κ1) is 11.9. The van der Waals surface area contributed by atoms with Crippen molar-refractivity contribution in [2.24, 2.45) is 5.84 Å². The zero-order valence-electron chi connectivity index (χ0n) is 10.2. The molecule has 2 aromatic heterocycles. The van der Waals surface area contributed by atoms with Crippen molar-refractivity contribution in [3.05, 3.63) is 35.8 Å². The van der Waals surface area contributed by atoms with Gasteiger partial charge in [-0.15, -0.1) is 10.2 Å². The van der Waals surface area contributed by atoms with Gasteiger partial charge in [0.25, 0.3) is 5.91 Å². The fourth-order valence-electron chi connectivity index (χ4n) is 2.14. The molecule has 0 unspecified atom stereocenters. The van der Waals surface area contributed by atoms with Crippen LogP contribution in [0, 0.1) is 0 Å². The summed E-state index contributed by atoms with van der Waals surface area (Å²) < 4.78 is 7.39. The van der Waals surface area contributed by atoms with Gasteiger partial charge in [0.15, 0.2) is 0 Å². The van der Waals surface area contributed by atoms with Gasteiger partial charge in [-0.25, -0.2) is 5.84 Å². The normalized spacial score (nSPS) is 15.2. The molecule has 0 saturated heterocycles. The monoisotopic (exact) mass is 262 g/mol. The molecular formula is C11H14N6O2. The van der Waals surface area contributed by atoms with Gasteiger partial charge >= 0.3 is 0 Å². The van der Waals surface area contributed by atoms with E-state index in [-0.39, 0.29) is 5.91 Å². The fourth-order valence-corrected chi connectivity index (χ4v) is 2.14. The van der Waals surface area contributed by atoms with Crippen LogP contribution in [0.25, 0.3) is 0 Å². The molecule has 3 N–H and O–H groups in total. The van der Waals surface area contributed by atoms with Gasteiger partial charge in [-0.05, 0) is 6.07 Å². The summed E-state index contributed by atoms with van der Waals surface area (Å²) in [4.78, 5) is 13.5. The summed E-state index contributed by atoms with van der Waals surface area (Å²) in [6, 6.07) is 1.70. The predicted octanol–water partition coefficient (Wildman–Crippen LogP) is -0.510. The molecule has 100 valence electrons. The van der Waals surface area contributed by atoms with Gasteiger partial charge < -0.3 is 8.98 Å². The first-order valence-electron chi connectivity index (χ1n) is 5.93. The van der Waals surface area contributed by atoms with E-state index in [2.05, 4.69) is 20.5 Å². The van der Waals surface area contributed by atoms with Gasteiger partial charge in [-0.1, -0.05) is 0 Å². The van der Waals surface area contributed by atoms with Crippen LogP contribution in [0.15, 0.2) is 23.1 Å². The number of rotatable bonds is 3. The zero-order chi connectivity index (χ0) is 13.2. The highest BCUT2D eigenvalue weighted by Crippen LogP contribution is 2.15. The van der Waals surface area contributed by atoms with Crippen LogP contribution in [0.1, 0.15) is 21.9 Å². The van der Waals surface area contributed by atoms with Crippen LogP contribution in [0.3, 0.4) is 0 Å². The Hall–Kier alpha value is -2.19. The third-order valence-electron chi connectivity index (χ3n) is 3.14. The van der Waals surface area contributed by atoms with Crippen molar-refractivity contribution in [1.82, 2.24) is 25.1 Å². The van der Waals surface area contributed by atoms with E-state index < -0.39 is 0 Å². The van der Waals surface area contributed by atoms with Gasteiger partial charge in [-0.3, -0.25) is 15.1 Å². The molecule has 0 radical (unpaired) electrons. The van der Waals surface area contributed by atoms with Crippen molar-refractivity contribution >= 4 is 5.91 Å². The topological polar surface area (TPSA) is 102 Å². The second-order valence-electron chi connectivity index (χ2n) is 4.43. The van der Waals surface area contributed by atoms with E-state index in [9.17, 15) is 4.79 Å². The minimum absolute atomic E-state index is 0.353. The quantitative estimate of drug-likeness (QED) is 0.439. The van der Waals surface area contributed by atoms with Gasteiger partial charge in [0.05, 0.1) is 18.7 Å². The van der Waals surface area contributed by atoms with Gasteiger partial charge in [0.2, 0.25) is 0 Å². The molecule has 0 aromatic carbocycles. The van der Waals surface area contributed by atoms with Crippen molar-refractivity contribution in [3.8, 4) is 0 Å². The summed E-state index contributed by atoms with van der Waals surface area (Å²) in [6.45, 7) is 3.10. The van der Waals surface area contributed by atoms with E-state index in [0.29, 0.717) is 12.1 Å². The molecule has 1 amide bonds. The molecular weight excluding hydrogens is 248 g/mol. The number of fused-ring (bicyclic) bond motifs is 1. The highest BCUT2D eigenvalue weighted by molar-refractivity contribution is 5.93. The minimum Gasteiger partial charge on any atom is -0.467 e. The number of amides is 1. The average molecular weight is 262 g/mol. The molecule has 8 nitrogen and oxygen atoms in total. The van der Waals surface area contributed by atoms with Crippen LogP contribution in [0.5, 0.6) is 0 Å². The van der Waals surface area contributed by atoms with E-state index in [4.69, 9.17) is 10.3 Å². The Bertz CT molecular complexity index is 590. The van der Waals surface area contributed by atoms with E-state index in [0.717, 1.165) is 31.2 Å². The number of hydrogen-bond donors (Lipinski definition) is 2. The van der Waals surface area contributed by atoms with Crippen molar-refractivity contribution in [2.45, 2.75) is 19.6 Å². The predicted molar refractivity (Wildman–Crippen MR) is 64.5 cm³/mol. The molecule has 3 rings (SSSR count). The second kappa shape index (κ2) is 4.82. The Morgan fingerprint density at radius 1 is 1.53 bits per heavy atom. The van der Waals surface area contributed by atoms with Crippen molar-refractivity contribution in [1.29, 1.82) is 0 Å². The van der Waals surface area contributed by atoms with Crippen LogP contribution in [0.4, 0.5) is 0 Å². The van der Waals surface area contributed by atoms with E-state index >= 15 is 0 Å². The van der Waals surface area contributed by atoms with Gasteiger partial charge in [-0.2, -0.15) is 0 Å². The molecule has 0 bridgehead atoms. The molecule has 1 aliphatic rings. The molecule has 0 saturated carbocycles. The standard InChI is InChI=1S/C11H14N6O2/c12-14-11(18)8-3-9(19-6-8)4-16-1-2-17-7-13-15-10(17)5-16/h3,6-7H,1-2,4-5,12H2,(H,14,18). The lowest BCUT2D eigenvalue weighted by Gasteiger charge is -2.25. The lowest BCUT2D eigenvalue weighted by Crippen LogP contribution is -2.33. The molecule has 0 atom stereocenters. The lowest BCUT2D eigenvalue weighted by molar-refractivity contribution is 0.0953. The smallest absolute Gasteiger partial charge is 0.268 e. The van der Waals surface area contributed by atoms with Crippen molar-refractivity contribution < 1.29 is 9.21 Å². The minimum atomic E-state index is -0.353. The largest absolute Gasteiger partial charge is 0.467 e. The summed E-state index contributed by atoms with van der Waals surface area (Å²) in [5.74, 6) is 6.39. The number of nitrogen functional groups attached to an aromatic ring is 1. The highest BCUT2D eigenvalue weighted by atomic mass is 16.3. The first-order valence-corrected chi connectivity index (χ1v) is 5.93. The van der Waals surface area contributed by atoms with Crippen LogP contribution in [0.2, 0.25) is 0 Å². The van der Waals surface area contributed by atoms with Gasteiger partial charge in [0, 0.05) is 13.1 Å². The molecule has 19 heavy (non-hydrogen) atoms. The van der Waals surface area contributed by atoms with Crippen LogP contribution >= 0.6 is 0 Å². The number of hydrogen-bond acceptors (Lipinski definition) is 6. The molecule has 1 aliphatic heterocycles. The molecule has 8 heteroatoms. The zero-order valence-corrected chi connectivity index (χ0v) is 10.2. The van der Waals surface area contributed by atoms with E-state index in [1.54, 1.807) is 12.4 Å². The molecule has 2 aromatic rings. The maximum absolute atomic E-state index is 11.3. The van der Waals surface area contributed by atoms with Crippen molar-refractivity contribution in [3.63, 3.8) is 0 Å². The maximum atomic E-state index is 11.3. The number of nitrogens with one attached hydrogen (secondary N) is 1. The number of carbonyl (C=O) groups is 1. The highest BCUT2D eigenvalue weighted by Gasteiger charge is 2.19. The first-order chi connectivity index (χ1) is 9.26. The number of nitrogens with zero attached hydrogens (tertiary/aromatic N) is 4. The van der Waals surface area contributed by atoms with Crippen molar-refractivity contribution in [2.75, 3.05) is 6.54 Å². The second-order valence-corrected chi connectivity index (χ2v) is 4.43. The van der Waals surface area contributed by atoms with Crippen LogP contribution < -0.4 is 11.3 Å². The summed E-state index contributed by atoms with van der Waals surface area (Å²) in [6.07, 6.45) is 3.15. The van der Waals surface area contributed by atoms with E-state index in [1.807, 2.05) is 4.57 Å². The average Bonchev–Trinajstić information content (AvgIpc) is 3.06. The Balaban J connectivity index is 1.66. The fraction of sp³-hybridized carbons (Fsp3) is 0.364. The number of carbonyl (C=O) groups excluding carboxylic acids is 1. The summed E-state index contributed by atoms with van der Waals surface area (Å²) in [7, 11) is 0. The molecule has 0 fully saturated rings. The molecule has 3 heterocycles.